The van der Waals surface area contributed by atoms with Gasteiger partial charge in [0.05, 0.1) is 18.3 Å². The van der Waals surface area contributed by atoms with E-state index in [1.54, 1.807) is 17.0 Å². The number of hydrogen-bond donors (Lipinski definition) is 1. The predicted molar refractivity (Wildman–Crippen MR) is 104 cm³/mol. The molecule has 2 aromatic rings. The maximum atomic E-state index is 12.7. The van der Waals surface area contributed by atoms with E-state index in [0.717, 1.165) is 33.5 Å². The average Bonchev–Trinajstić information content (AvgIpc) is 3.03. The first-order chi connectivity index (χ1) is 12.7. The second kappa shape index (κ2) is 7.23. The molecule has 1 aliphatic heterocycles. The molecular weight excluding hydrogens is 348 g/mol. The second-order valence-corrected chi connectivity index (χ2v) is 8.21. The van der Waals surface area contributed by atoms with Crippen molar-refractivity contribution in [3.8, 4) is 0 Å². The lowest BCUT2D eigenvalue weighted by Crippen LogP contribution is -2.47. The number of aromatic nitrogens is 2. The van der Waals surface area contributed by atoms with E-state index in [9.17, 15) is 9.59 Å². The molecule has 26 heavy (non-hydrogen) atoms. The molecule has 1 N–H and O–H groups in total. The van der Waals surface area contributed by atoms with Gasteiger partial charge in [0.15, 0.2) is 0 Å². The van der Waals surface area contributed by atoms with Crippen LogP contribution >= 0.6 is 11.3 Å². The van der Waals surface area contributed by atoms with E-state index in [4.69, 9.17) is 0 Å². The Hall–Kier alpha value is -2.15. The molecule has 2 aliphatic rings. The van der Waals surface area contributed by atoms with E-state index in [1.165, 1.54) is 30.6 Å². The number of amides is 2. The van der Waals surface area contributed by atoms with Gasteiger partial charge in [-0.2, -0.15) is 0 Å². The Balaban J connectivity index is 1.55. The summed E-state index contributed by atoms with van der Waals surface area (Å²) >= 11 is 1.54. The fourth-order valence-electron chi connectivity index (χ4n) is 3.97. The molecule has 0 spiro atoms. The van der Waals surface area contributed by atoms with E-state index in [2.05, 4.69) is 16.9 Å². The number of nitrogens with zero attached hydrogens (tertiary/aromatic N) is 3. The van der Waals surface area contributed by atoms with Gasteiger partial charge >= 0.3 is 6.03 Å². The Morgan fingerprint density at radius 1 is 1.38 bits per heavy atom. The number of thiophene rings is 1. The first kappa shape index (κ1) is 17.3. The number of carbonyl (C=O) groups excluding carboxylic acids is 1. The second-order valence-electron chi connectivity index (χ2n) is 7.13. The van der Waals surface area contributed by atoms with Gasteiger partial charge in [0, 0.05) is 24.0 Å². The van der Waals surface area contributed by atoms with Crippen LogP contribution in [-0.2, 0) is 19.5 Å². The van der Waals surface area contributed by atoms with E-state index >= 15 is 0 Å². The molecule has 0 aromatic carbocycles. The summed E-state index contributed by atoms with van der Waals surface area (Å²) in [5.74, 6) is 0. The molecule has 3 heterocycles. The summed E-state index contributed by atoms with van der Waals surface area (Å²) in [5, 5.41) is 3.91. The molecule has 0 radical (unpaired) electrons. The lowest BCUT2D eigenvalue weighted by molar-refractivity contribution is 0.185. The number of allylic oxidation sites excluding steroid dienone is 1. The molecular formula is C19H24N4O2S. The zero-order chi connectivity index (χ0) is 18.1. The van der Waals surface area contributed by atoms with Gasteiger partial charge < -0.3 is 10.2 Å². The van der Waals surface area contributed by atoms with Crippen LogP contribution in [0, 0.1) is 0 Å². The van der Waals surface area contributed by atoms with Gasteiger partial charge in [-0.25, -0.2) is 9.78 Å². The monoisotopic (exact) mass is 372 g/mol. The van der Waals surface area contributed by atoms with Gasteiger partial charge in [-0.15, -0.1) is 17.9 Å². The van der Waals surface area contributed by atoms with Crippen molar-refractivity contribution in [1.82, 2.24) is 19.8 Å². The Morgan fingerprint density at radius 3 is 2.96 bits per heavy atom. The fraction of sp³-hybridized carbons (Fsp3) is 0.526. The molecule has 4 rings (SSSR count). The standard InChI is InChI=1S/C19H24N4O2S/c1-2-9-23-12-20-17-16(18(23)24)14-8-10-22(11-15(14)26-17)19(25)21-13-6-4-3-5-7-13/h2,12-13H,1,3-11H2,(H,21,25). The van der Waals surface area contributed by atoms with Crippen LogP contribution in [0.2, 0.25) is 0 Å². The van der Waals surface area contributed by atoms with Gasteiger partial charge in [0.1, 0.15) is 4.83 Å². The Bertz CT molecular complexity index is 895. The van der Waals surface area contributed by atoms with E-state index in [1.807, 2.05) is 4.90 Å². The molecule has 0 atom stereocenters. The van der Waals surface area contributed by atoms with Crippen LogP contribution in [0.3, 0.4) is 0 Å². The van der Waals surface area contributed by atoms with Crippen LogP contribution in [0.15, 0.2) is 23.8 Å². The SMILES string of the molecule is C=CCn1cnc2sc3c(c2c1=O)CCN(C(=O)NC1CCCCC1)C3. The molecule has 7 heteroatoms. The molecule has 1 fully saturated rings. The van der Waals surface area contributed by atoms with Crippen LogP contribution < -0.4 is 10.9 Å². The third-order valence-electron chi connectivity index (χ3n) is 5.37. The highest BCUT2D eigenvalue weighted by molar-refractivity contribution is 7.18. The molecule has 1 saturated carbocycles. The Morgan fingerprint density at radius 2 is 2.19 bits per heavy atom. The number of hydrogen-bond acceptors (Lipinski definition) is 4. The third kappa shape index (κ3) is 3.16. The van der Waals surface area contributed by atoms with Crippen molar-refractivity contribution < 1.29 is 4.79 Å². The van der Waals surface area contributed by atoms with Gasteiger partial charge in [-0.05, 0) is 24.8 Å². The largest absolute Gasteiger partial charge is 0.335 e. The van der Waals surface area contributed by atoms with Crippen LogP contribution in [0.4, 0.5) is 4.79 Å². The highest BCUT2D eigenvalue weighted by atomic mass is 32.1. The average molecular weight is 372 g/mol. The zero-order valence-electron chi connectivity index (χ0n) is 14.9. The van der Waals surface area contributed by atoms with Gasteiger partial charge in [-0.3, -0.25) is 9.36 Å². The maximum absolute atomic E-state index is 12.7. The summed E-state index contributed by atoms with van der Waals surface area (Å²) in [4.78, 5) is 33.5. The number of urea groups is 1. The van der Waals surface area contributed by atoms with Gasteiger partial charge in [0.2, 0.25) is 0 Å². The van der Waals surface area contributed by atoms with Crippen LogP contribution in [0.25, 0.3) is 10.2 Å². The van der Waals surface area contributed by atoms with Crippen molar-refractivity contribution in [2.75, 3.05) is 6.54 Å². The van der Waals surface area contributed by atoms with Crippen molar-refractivity contribution in [3.63, 3.8) is 0 Å². The highest BCUT2D eigenvalue weighted by Crippen LogP contribution is 2.32. The summed E-state index contributed by atoms with van der Waals surface area (Å²) in [6.07, 6.45) is 9.84. The quantitative estimate of drug-likeness (QED) is 0.842. The normalized spacial score (nSPS) is 17.9. The van der Waals surface area contributed by atoms with Crippen LogP contribution in [0.5, 0.6) is 0 Å². The lowest BCUT2D eigenvalue weighted by Gasteiger charge is -2.30. The first-order valence-corrected chi connectivity index (χ1v) is 10.1. The summed E-state index contributed by atoms with van der Waals surface area (Å²) in [5.41, 5.74) is 1.06. The van der Waals surface area contributed by atoms with Gasteiger partial charge in [0.25, 0.3) is 5.56 Å². The number of carbonyl (C=O) groups is 1. The summed E-state index contributed by atoms with van der Waals surface area (Å²) < 4.78 is 1.59. The minimum Gasteiger partial charge on any atom is -0.335 e. The maximum Gasteiger partial charge on any atom is 0.317 e. The van der Waals surface area contributed by atoms with Crippen LogP contribution in [-0.4, -0.2) is 33.1 Å². The molecule has 0 saturated heterocycles. The lowest BCUT2D eigenvalue weighted by atomic mass is 9.96. The molecule has 138 valence electrons. The zero-order valence-corrected chi connectivity index (χ0v) is 15.7. The summed E-state index contributed by atoms with van der Waals surface area (Å²) in [7, 11) is 0. The van der Waals surface area contributed by atoms with Crippen molar-refractivity contribution >= 4 is 27.6 Å². The molecule has 2 amide bonds. The summed E-state index contributed by atoms with van der Waals surface area (Å²) in [6, 6.07) is 0.338. The highest BCUT2D eigenvalue weighted by Gasteiger charge is 2.27. The molecule has 6 nitrogen and oxygen atoms in total. The van der Waals surface area contributed by atoms with E-state index < -0.39 is 0 Å². The van der Waals surface area contributed by atoms with Crippen LogP contribution in [0.1, 0.15) is 42.5 Å². The third-order valence-corrected chi connectivity index (χ3v) is 6.50. The van der Waals surface area contributed by atoms with Crippen molar-refractivity contribution in [2.24, 2.45) is 0 Å². The fourth-order valence-corrected chi connectivity index (χ4v) is 5.17. The Labute approximate surface area is 156 Å². The smallest absolute Gasteiger partial charge is 0.317 e. The molecule has 0 bridgehead atoms. The van der Waals surface area contributed by atoms with E-state index in [0.29, 0.717) is 32.1 Å². The molecule has 1 aliphatic carbocycles. The van der Waals surface area contributed by atoms with Crippen molar-refractivity contribution in [3.05, 3.63) is 39.8 Å². The molecule has 2 aromatic heterocycles. The number of fused-ring (bicyclic) bond motifs is 3. The Kier molecular flexibility index (Phi) is 4.80. The minimum absolute atomic E-state index is 0.00694. The topological polar surface area (TPSA) is 67.2 Å². The predicted octanol–water partition coefficient (Wildman–Crippen LogP) is 3.04. The van der Waals surface area contributed by atoms with E-state index in [-0.39, 0.29) is 11.6 Å². The van der Waals surface area contributed by atoms with Gasteiger partial charge in [-0.1, -0.05) is 25.3 Å². The number of nitrogens with one attached hydrogen (secondary N) is 1. The molecule has 0 unspecified atom stereocenters. The van der Waals surface area contributed by atoms with Crippen molar-refractivity contribution in [1.29, 1.82) is 0 Å². The first-order valence-electron chi connectivity index (χ1n) is 9.33. The summed E-state index contributed by atoms with van der Waals surface area (Å²) in [6.45, 7) is 5.37. The minimum atomic E-state index is -0.00694. The van der Waals surface area contributed by atoms with Crippen molar-refractivity contribution in [2.45, 2.75) is 57.7 Å². The number of rotatable bonds is 3.